The second-order valence-corrected chi connectivity index (χ2v) is 9.64. The molecule has 6 atom stereocenters. The molecule has 1 aromatic rings. The highest BCUT2D eigenvalue weighted by atomic mass is 16.5. The number of ether oxygens (including phenoxy) is 2. The molecule has 6 nitrogen and oxygen atoms in total. The third kappa shape index (κ3) is 7.97. The number of hydrogen-bond donors (Lipinski definition) is 3. The first kappa shape index (κ1) is 26.5. The molecule has 0 aromatic heterocycles. The van der Waals surface area contributed by atoms with Gasteiger partial charge in [-0.2, -0.15) is 0 Å². The zero-order chi connectivity index (χ0) is 24.3. The average molecular weight is 473 g/mol. The molecule has 2 unspecified atom stereocenters. The summed E-state index contributed by atoms with van der Waals surface area (Å²) in [6, 6.07) is 9.39. The van der Waals surface area contributed by atoms with E-state index in [0.717, 1.165) is 50.7 Å². The number of benzene rings is 1. The van der Waals surface area contributed by atoms with Gasteiger partial charge < -0.3 is 24.8 Å². The number of unbranched alkanes of at least 4 members (excludes halogenated alkanes) is 1. The van der Waals surface area contributed by atoms with Crippen molar-refractivity contribution in [2.75, 3.05) is 13.2 Å². The number of hydrogen-bond acceptors (Lipinski definition) is 5. The van der Waals surface area contributed by atoms with Crippen molar-refractivity contribution in [2.24, 2.45) is 17.8 Å². The SMILES string of the molecule is CCCC(CCCCC1=CC[C@@H]2[C@@H](/C=C/C(O)COc3ccccc3)[C@H](O)C[C@@H]2OC1)C(=O)O. The minimum absolute atomic E-state index is 0.0112. The number of aliphatic carboxylic acids is 1. The molecule has 1 aliphatic carbocycles. The molecule has 1 aliphatic heterocycles. The Morgan fingerprint density at radius 1 is 1.24 bits per heavy atom. The molecule has 0 amide bonds. The molecule has 0 bridgehead atoms. The highest BCUT2D eigenvalue weighted by Gasteiger charge is 2.42. The molecule has 6 heteroatoms. The number of aliphatic hydroxyl groups excluding tert-OH is 2. The number of carboxylic acid groups (broad SMARTS) is 1. The molecule has 1 aromatic carbocycles. The molecular formula is C28H40O6. The molecule has 1 heterocycles. The first-order chi connectivity index (χ1) is 16.5. The summed E-state index contributed by atoms with van der Waals surface area (Å²) in [6.07, 6.45) is 11.3. The standard InChI is InChI=1S/C28H40O6/c1-2-8-21(28(31)32)10-7-6-9-20-13-15-25-24(26(30)17-27(25)34-18-20)16-14-22(29)19-33-23-11-4-3-5-12-23/h3-5,11-14,16,21-22,24-27,29-30H,2,6-10,15,17-19H2,1H3,(H,31,32)/b16-14+/t21?,22?,24-,25-,26-,27+/m1/s1. The van der Waals surface area contributed by atoms with E-state index in [9.17, 15) is 20.1 Å². The first-order valence-corrected chi connectivity index (χ1v) is 12.7. The molecule has 3 rings (SSSR count). The van der Waals surface area contributed by atoms with Gasteiger partial charge in [-0.15, -0.1) is 0 Å². The van der Waals surface area contributed by atoms with E-state index in [1.165, 1.54) is 5.57 Å². The van der Waals surface area contributed by atoms with Gasteiger partial charge in [-0.3, -0.25) is 4.79 Å². The normalized spacial score (nSPS) is 26.5. The van der Waals surface area contributed by atoms with E-state index < -0.39 is 18.2 Å². The Labute approximate surface area is 203 Å². The van der Waals surface area contributed by atoms with E-state index in [4.69, 9.17) is 9.47 Å². The third-order valence-corrected chi connectivity index (χ3v) is 7.06. The van der Waals surface area contributed by atoms with Gasteiger partial charge in [-0.1, -0.05) is 56.2 Å². The van der Waals surface area contributed by atoms with Crippen LogP contribution in [0.3, 0.4) is 0 Å². The minimum Gasteiger partial charge on any atom is -0.491 e. The summed E-state index contributed by atoms with van der Waals surface area (Å²) in [5, 5.41) is 30.2. The fourth-order valence-electron chi connectivity index (χ4n) is 5.12. The molecule has 1 fully saturated rings. The molecule has 3 N–H and O–H groups in total. The lowest BCUT2D eigenvalue weighted by Crippen LogP contribution is -2.22. The van der Waals surface area contributed by atoms with Gasteiger partial charge in [-0.25, -0.2) is 0 Å². The lowest BCUT2D eigenvalue weighted by molar-refractivity contribution is -0.142. The lowest BCUT2D eigenvalue weighted by Gasteiger charge is -2.20. The van der Waals surface area contributed by atoms with E-state index in [0.29, 0.717) is 13.0 Å². The second kappa shape index (κ2) is 13.7. The number of rotatable bonds is 13. The van der Waals surface area contributed by atoms with Gasteiger partial charge in [0.1, 0.15) is 18.5 Å². The molecule has 0 radical (unpaired) electrons. The third-order valence-electron chi connectivity index (χ3n) is 7.06. The number of carbonyl (C=O) groups is 1. The molecule has 2 aliphatic rings. The van der Waals surface area contributed by atoms with Gasteiger partial charge in [0.2, 0.25) is 0 Å². The maximum Gasteiger partial charge on any atom is 0.306 e. The predicted octanol–water partition coefficient (Wildman–Crippen LogP) is 4.76. The minimum atomic E-state index is -0.744. The number of para-hydroxylation sites is 1. The molecule has 34 heavy (non-hydrogen) atoms. The van der Waals surface area contributed by atoms with Gasteiger partial charge in [-0.05, 0) is 55.7 Å². The Bertz CT molecular complexity index is 804. The van der Waals surface area contributed by atoms with Gasteiger partial charge in [0.05, 0.1) is 24.7 Å². The summed E-state index contributed by atoms with van der Waals surface area (Å²) in [5.41, 5.74) is 1.27. The number of aliphatic hydroxyl groups is 2. The first-order valence-electron chi connectivity index (χ1n) is 12.7. The van der Waals surface area contributed by atoms with Crippen LogP contribution in [0, 0.1) is 17.8 Å². The van der Waals surface area contributed by atoms with Crippen molar-refractivity contribution in [3.05, 3.63) is 54.1 Å². The van der Waals surface area contributed by atoms with Gasteiger partial charge in [0.15, 0.2) is 0 Å². The van der Waals surface area contributed by atoms with Crippen molar-refractivity contribution in [2.45, 2.75) is 76.6 Å². The van der Waals surface area contributed by atoms with Crippen LogP contribution >= 0.6 is 0 Å². The Morgan fingerprint density at radius 2 is 2.03 bits per heavy atom. The quantitative estimate of drug-likeness (QED) is 0.283. The van der Waals surface area contributed by atoms with Crippen LogP contribution in [0.25, 0.3) is 0 Å². The Kier molecular flexibility index (Phi) is 10.6. The van der Waals surface area contributed by atoms with Crippen LogP contribution < -0.4 is 4.74 Å². The maximum absolute atomic E-state index is 11.3. The van der Waals surface area contributed by atoms with E-state index in [-0.39, 0.29) is 30.5 Å². The summed E-state index contributed by atoms with van der Waals surface area (Å²) in [4.78, 5) is 11.3. The van der Waals surface area contributed by atoms with Crippen molar-refractivity contribution in [3.8, 4) is 5.75 Å². The zero-order valence-corrected chi connectivity index (χ0v) is 20.2. The number of fused-ring (bicyclic) bond motifs is 1. The van der Waals surface area contributed by atoms with Gasteiger partial charge in [0.25, 0.3) is 0 Å². The van der Waals surface area contributed by atoms with E-state index in [1.54, 1.807) is 6.08 Å². The fourth-order valence-corrected chi connectivity index (χ4v) is 5.12. The second-order valence-electron chi connectivity index (χ2n) is 9.64. The molecule has 0 saturated heterocycles. The average Bonchev–Trinajstić information content (AvgIpc) is 2.99. The number of carboxylic acids is 1. The molecule has 1 saturated carbocycles. The Balaban J connectivity index is 1.46. The van der Waals surface area contributed by atoms with Crippen LogP contribution in [-0.2, 0) is 9.53 Å². The molecular weight excluding hydrogens is 432 g/mol. The molecule has 188 valence electrons. The molecule has 0 spiro atoms. The summed E-state index contributed by atoms with van der Waals surface area (Å²) < 4.78 is 11.8. The lowest BCUT2D eigenvalue weighted by atomic mass is 9.89. The Hall–Kier alpha value is -2.15. The van der Waals surface area contributed by atoms with Crippen LogP contribution in [0.15, 0.2) is 54.1 Å². The van der Waals surface area contributed by atoms with E-state index in [2.05, 4.69) is 6.08 Å². The summed E-state index contributed by atoms with van der Waals surface area (Å²) in [5.74, 6) is -0.0637. The topological polar surface area (TPSA) is 96.2 Å². The summed E-state index contributed by atoms with van der Waals surface area (Å²) >= 11 is 0. The van der Waals surface area contributed by atoms with Crippen molar-refractivity contribution < 1.29 is 29.6 Å². The zero-order valence-electron chi connectivity index (χ0n) is 20.2. The van der Waals surface area contributed by atoms with Gasteiger partial charge in [0, 0.05) is 12.3 Å². The largest absolute Gasteiger partial charge is 0.491 e. The van der Waals surface area contributed by atoms with Crippen LogP contribution in [0.2, 0.25) is 0 Å². The predicted molar refractivity (Wildman–Crippen MR) is 132 cm³/mol. The van der Waals surface area contributed by atoms with Crippen LogP contribution in [0.5, 0.6) is 5.75 Å². The number of allylic oxidation sites excluding steroid dienone is 1. The van der Waals surface area contributed by atoms with E-state index >= 15 is 0 Å². The smallest absolute Gasteiger partial charge is 0.306 e. The summed E-state index contributed by atoms with van der Waals surface area (Å²) in [7, 11) is 0. The Morgan fingerprint density at radius 3 is 2.76 bits per heavy atom. The van der Waals surface area contributed by atoms with Crippen LogP contribution in [0.4, 0.5) is 0 Å². The monoisotopic (exact) mass is 472 g/mol. The van der Waals surface area contributed by atoms with Crippen molar-refractivity contribution >= 4 is 5.97 Å². The summed E-state index contributed by atoms with van der Waals surface area (Å²) in [6.45, 7) is 2.77. The van der Waals surface area contributed by atoms with Crippen molar-refractivity contribution in [1.82, 2.24) is 0 Å². The van der Waals surface area contributed by atoms with Gasteiger partial charge >= 0.3 is 5.97 Å². The van der Waals surface area contributed by atoms with E-state index in [1.807, 2.05) is 43.3 Å². The highest BCUT2D eigenvalue weighted by Crippen LogP contribution is 2.40. The van der Waals surface area contributed by atoms with Crippen LogP contribution in [0.1, 0.15) is 58.3 Å². The van der Waals surface area contributed by atoms with Crippen molar-refractivity contribution in [3.63, 3.8) is 0 Å². The fraction of sp³-hybridized carbons (Fsp3) is 0.607. The van der Waals surface area contributed by atoms with Crippen LogP contribution in [-0.4, -0.2) is 52.8 Å². The maximum atomic E-state index is 11.3. The van der Waals surface area contributed by atoms with Crippen molar-refractivity contribution in [1.29, 1.82) is 0 Å². The highest BCUT2D eigenvalue weighted by molar-refractivity contribution is 5.69.